The van der Waals surface area contributed by atoms with Gasteiger partial charge in [0, 0.05) is 25.9 Å². The molecule has 148 valence electrons. The molecule has 7 heteroatoms. The fourth-order valence-corrected chi connectivity index (χ4v) is 3.66. The topological polar surface area (TPSA) is 85.9 Å². The molecule has 2 fully saturated rings. The maximum atomic E-state index is 12.0. The van der Waals surface area contributed by atoms with Crippen LogP contribution in [0.15, 0.2) is 24.3 Å². The van der Waals surface area contributed by atoms with Crippen LogP contribution < -0.4 is 15.4 Å². The number of amides is 2. The third-order valence-electron chi connectivity index (χ3n) is 5.10. The van der Waals surface area contributed by atoms with Crippen LogP contribution in [0, 0.1) is 0 Å². The van der Waals surface area contributed by atoms with Crippen molar-refractivity contribution in [2.75, 3.05) is 26.8 Å². The summed E-state index contributed by atoms with van der Waals surface area (Å²) in [6.45, 7) is 1.09. The van der Waals surface area contributed by atoms with Crippen LogP contribution in [-0.4, -0.2) is 50.5 Å². The third kappa shape index (κ3) is 5.20. The van der Waals surface area contributed by atoms with Crippen LogP contribution in [0.3, 0.4) is 0 Å². The van der Waals surface area contributed by atoms with Crippen molar-refractivity contribution in [3.05, 3.63) is 29.8 Å². The molecule has 2 aliphatic rings. The standard InChI is InChI=1S/C20H28N2O5/c1-25-17-8-4-3-7-15(17)9-12-21-18(23)19(24)22-13-16-14-26-20(27-16)10-5-2-6-11-20/h3-4,7-8,16H,2,5-6,9-14H2,1H3,(H,21,23)(H,22,24)/t16-/m0/s1. The Kier molecular flexibility index (Phi) is 6.68. The van der Waals surface area contributed by atoms with Gasteiger partial charge in [-0.1, -0.05) is 24.6 Å². The molecule has 27 heavy (non-hydrogen) atoms. The van der Waals surface area contributed by atoms with Gasteiger partial charge in [0.2, 0.25) is 0 Å². The number of hydrogen-bond donors (Lipinski definition) is 2. The highest BCUT2D eigenvalue weighted by atomic mass is 16.7. The number of hydrogen-bond acceptors (Lipinski definition) is 5. The Hall–Kier alpha value is -2.12. The van der Waals surface area contributed by atoms with Crippen molar-refractivity contribution < 1.29 is 23.8 Å². The number of methoxy groups -OCH3 is 1. The largest absolute Gasteiger partial charge is 0.496 e. The summed E-state index contributed by atoms with van der Waals surface area (Å²) in [5, 5.41) is 5.27. The van der Waals surface area contributed by atoms with Crippen LogP contribution in [-0.2, 0) is 25.5 Å². The van der Waals surface area contributed by atoms with Crippen molar-refractivity contribution in [1.82, 2.24) is 10.6 Å². The lowest BCUT2D eigenvalue weighted by molar-refractivity contribution is -0.186. The lowest BCUT2D eigenvalue weighted by Crippen LogP contribution is -2.44. The Morgan fingerprint density at radius 2 is 1.89 bits per heavy atom. The normalized spacial score (nSPS) is 21.0. The van der Waals surface area contributed by atoms with E-state index in [0.717, 1.165) is 37.0 Å². The van der Waals surface area contributed by atoms with E-state index in [1.165, 1.54) is 6.42 Å². The first kappa shape index (κ1) is 19.6. The minimum absolute atomic E-state index is 0.201. The smallest absolute Gasteiger partial charge is 0.309 e. The number of rotatable bonds is 6. The van der Waals surface area contributed by atoms with Gasteiger partial charge in [0.15, 0.2) is 5.79 Å². The van der Waals surface area contributed by atoms with Gasteiger partial charge in [-0.25, -0.2) is 0 Å². The summed E-state index contributed by atoms with van der Waals surface area (Å²) < 4.78 is 17.1. The second kappa shape index (κ2) is 9.19. The average Bonchev–Trinajstić information content (AvgIpc) is 3.09. The summed E-state index contributed by atoms with van der Waals surface area (Å²) in [4.78, 5) is 24.0. The maximum absolute atomic E-state index is 12.0. The van der Waals surface area contributed by atoms with Crippen molar-refractivity contribution in [3.63, 3.8) is 0 Å². The van der Waals surface area contributed by atoms with Gasteiger partial charge >= 0.3 is 11.8 Å². The van der Waals surface area contributed by atoms with E-state index in [-0.39, 0.29) is 12.6 Å². The summed E-state index contributed by atoms with van der Waals surface area (Å²) >= 11 is 0. The van der Waals surface area contributed by atoms with E-state index in [0.29, 0.717) is 19.6 Å². The summed E-state index contributed by atoms with van der Waals surface area (Å²) in [5.74, 6) is -0.990. The highest BCUT2D eigenvalue weighted by Crippen LogP contribution is 2.37. The maximum Gasteiger partial charge on any atom is 0.309 e. The van der Waals surface area contributed by atoms with Gasteiger partial charge < -0.3 is 24.8 Å². The van der Waals surface area contributed by atoms with E-state index in [9.17, 15) is 9.59 Å². The molecule has 2 amide bonds. The second-order valence-corrected chi connectivity index (χ2v) is 7.05. The van der Waals surface area contributed by atoms with Gasteiger partial charge in [-0.2, -0.15) is 0 Å². The zero-order valence-electron chi connectivity index (χ0n) is 15.8. The first-order valence-corrected chi connectivity index (χ1v) is 9.61. The van der Waals surface area contributed by atoms with Crippen LogP contribution in [0.5, 0.6) is 5.75 Å². The zero-order chi connectivity index (χ0) is 19.1. The van der Waals surface area contributed by atoms with Crippen molar-refractivity contribution in [1.29, 1.82) is 0 Å². The van der Waals surface area contributed by atoms with E-state index in [1.807, 2.05) is 24.3 Å². The van der Waals surface area contributed by atoms with Crippen LogP contribution >= 0.6 is 0 Å². The van der Waals surface area contributed by atoms with Gasteiger partial charge in [-0.15, -0.1) is 0 Å². The van der Waals surface area contributed by atoms with Crippen LogP contribution in [0.25, 0.3) is 0 Å². The van der Waals surface area contributed by atoms with Crippen molar-refractivity contribution >= 4 is 11.8 Å². The van der Waals surface area contributed by atoms with E-state index in [2.05, 4.69) is 10.6 Å². The number of para-hydroxylation sites is 1. The number of carbonyl (C=O) groups is 2. The molecule has 1 saturated carbocycles. The molecule has 0 bridgehead atoms. The summed E-state index contributed by atoms with van der Waals surface area (Å²) in [7, 11) is 1.61. The Labute approximate surface area is 159 Å². The number of benzene rings is 1. The molecule has 0 unspecified atom stereocenters. The summed E-state index contributed by atoms with van der Waals surface area (Å²) in [6, 6.07) is 7.60. The van der Waals surface area contributed by atoms with Gasteiger partial charge in [0.1, 0.15) is 11.9 Å². The second-order valence-electron chi connectivity index (χ2n) is 7.05. The van der Waals surface area contributed by atoms with Crippen LogP contribution in [0.2, 0.25) is 0 Å². The molecule has 1 heterocycles. The molecule has 0 radical (unpaired) electrons. The molecule has 1 spiro atoms. The highest BCUT2D eigenvalue weighted by molar-refractivity contribution is 6.35. The molecule has 1 saturated heterocycles. The predicted octanol–water partition coefficient (Wildman–Crippen LogP) is 1.55. The molecule has 2 N–H and O–H groups in total. The number of carbonyl (C=O) groups excluding carboxylic acids is 2. The monoisotopic (exact) mass is 376 g/mol. The van der Waals surface area contributed by atoms with E-state index in [1.54, 1.807) is 7.11 Å². The lowest BCUT2D eigenvalue weighted by atomic mass is 9.94. The molecular formula is C20H28N2O5. The zero-order valence-corrected chi connectivity index (χ0v) is 15.8. The minimum atomic E-state index is -0.650. The molecule has 1 aromatic carbocycles. The Morgan fingerprint density at radius 3 is 2.67 bits per heavy atom. The molecule has 0 aromatic heterocycles. The quantitative estimate of drug-likeness (QED) is 0.736. The van der Waals surface area contributed by atoms with Crippen LogP contribution in [0.4, 0.5) is 0 Å². The Bertz CT molecular complexity index is 658. The molecule has 1 atom stereocenters. The first-order chi connectivity index (χ1) is 13.1. The predicted molar refractivity (Wildman–Crippen MR) is 99.4 cm³/mol. The molecular weight excluding hydrogens is 348 g/mol. The summed E-state index contributed by atoms with van der Waals surface area (Å²) in [6.07, 6.45) is 5.62. The van der Waals surface area contributed by atoms with E-state index in [4.69, 9.17) is 14.2 Å². The van der Waals surface area contributed by atoms with Gasteiger partial charge in [-0.05, 0) is 30.9 Å². The third-order valence-corrected chi connectivity index (χ3v) is 5.10. The average molecular weight is 376 g/mol. The van der Waals surface area contributed by atoms with Crippen molar-refractivity contribution in [2.45, 2.75) is 50.4 Å². The Balaban J connectivity index is 1.36. The SMILES string of the molecule is COc1ccccc1CCNC(=O)C(=O)NC[C@H]1COC2(CCCCC2)O1. The van der Waals surface area contributed by atoms with E-state index >= 15 is 0 Å². The fraction of sp³-hybridized carbons (Fsp3) is 0.600. The van der Waals surface area contributed by atoms with Gasteiger partial charge in [0.05, 0.1) is 13.7 Å². The molecule has 7 nitrogen and oxygen atoms in total. The van der Waals surface area contributed by atoms with Gasteiger partial charge in [0.25, 0.3) is 0 Å². The first-order valence-electron chi connectivity index (χ1n) is 9.61. The van der Waals surface area contributed by atoms with Crippen molar-refractivity contribution in [3.8, 4) is 5.75 Å². The lowest BCUT2D eigenvalue weighted by Gasteiger charge is -2.31. The van der Waals surface area contributed by atoms with E-state index < -0.39 is 17.6 Å². The molecule has 3 rings (SSSR count). The fourth-order valence-electron chi connectivity index (χ4n) is 3.66. The summed E-state index contributed by atoms with van der Waals surface area (Å²) in [5.41, 5.74) is 0.981. The number of ether oxygens (including phenoxy) is 3. The minimum Gasteiger partial charge on any atom is -0.496 e. The highest BCUT2D eigenvalue weighted by Gasteiger charge is 2.42. The molecule has 1 aliphatic carbocycles. The van der Waals surface area contributed by atoms with Crippen molar-refractivity contribution in [2.24, 2.45) is 0 Å². The van der Waals surface area contributed by atoms with Crippen LogP contribution in [0.1, 0.15) is 37.7 Å². The number of nitrogens with one attached hydrogen (secondary N) is 2. The molecule has 1 aliphatic heterocycles. The van der Waals surface area contributed by atoms with Gasteiger partial charge in [-0.3, -0.25) is 9.59 Å². The molecule has 1 aromatic rings. The Morgan fingerprint density at radius 1 is 1.15 bits per heavy atom.